The minimum absolute atomic E-state index is 0.333. The smallest absolute Gasteiger partial charge is 0.303 e. The van der Waals surface area contributed by atoms with Gasteiger partial charge >= 0.3 is 5.97 Å². The Bertz CT molecular complexity index is 456. The van der Waals surface area contributed by atoms with E-state index in [4.69, 9.17) is 5.11 Å². The lowest BCUT2D eigenvalue weighted by Crippen LogP contribution is -1.96. The van der Waals surface area contributed by atoms with Crippen LogP contribution in [0.5, 0.6) is 0 Å². The molecular weight excluding hydrogens is 419 g/mol. The van der Waals surface area contributed by atoms with Crippen molar-refractivity contribution in [1.29, 1.82) is 0 Å². The Morgan fingerprint density at radius 3 is 2.00 bits per heavy atom. The SMILES string of the molecule is CC(CCCCCCCC(=O)O)CCCCCCc1ccc([123I])cc1. The first-order chi connectivity index (χ1) is 12.1. The van der Waals surface area contributed by atoms with Gasteiger partial charge in [0, 0.05) is 9.99 Å². The summed E-state index contributed by atoms with van der Waals surface area (Å²) in [5, 5.41) is 8.59. The van der Waals surface area contributed by atoms with Crippen LogP contribution in [0.4, 0.5) is 0 Å². The van der Waals surface area contributed by atoms with E-state index in [0.29, 0.717) is 6.42 Å². The van der Waals surface area contributed by atoms with Crippen LogP contribution in [0.25, 0.3) is 0 Å². The Hall–Kier alpha value is -0.580. The van der Waals surface area contributed by atoms with Crippen LogP contribution in [-0.4, -0.2) is 11.1 Å². The predicted octanol–water partition coefficient (Wildman–Crippen LogP) is 7.24. The monoisotopic (exact) mass is 454 g/mol. The number of hydrogen-bond donors (Lipinski definition) is 1. The molecule has 1 unspecified atom stereocenters. The highest BCUT2D eigenvalue weighted by atomic mass is 123. The van der Waals surface area contributed by atoms with Crippen LogP contribution in [-0.2, 0) is 11.2 Å². The number of unbranched alkanes of at least 4 members (excludes halogenated alkanes) is 7. The second kappa shape index (κ2) is 14.6. The molecule has 0 radical (unpaired) electrons. The topological polar surface area (TPSA) is 37.3 Å². The molecule has 1 aromatic rings. The zero-order chi connectivity index (χ0) is 18.3. The van der Waals surface area contributed by atoms with Gasteiger partial charge in [0.15, 0.2) is 0 Å². The minimum atomic E-state index is -0.660. The average molecular weight is 454 g/mol. The van der Waals surface area contributed by atoms with Crippen molar-refractivity contribution in [3.8, 4) is 0 Å². The van der Waals surface area contributed by atoms with Gasteiger partial charge in [-0.1, -0.05) is 76.8 Å². The molecule has 0 aliphatic rings. The molecule has 142 valence electrons. The number of benzene rings is 1. The fraction of sp³-hybridized carbons (Fsp3) is 0.682. The van der Waals surface area contributed by atoms with Gasteiger partial charge in [-0.2, -0.15) is 0 Å². The highest BCUT2D eigenvalue weighted by molar-refractivity contribution is 14.1. The van der Waals surface area contributed by atoms with Crippen LogP contribution < -0.4 is 0 Å². The minimum Gasteiger partial charge on any atom is -0.481 e. The van der Waals surface area contributed by atoms with E-state index >= 15 is 0 Å². The number of aryl methyl sites for hydroxylation is 1. The van der Waals surface area contributed by atoms with Crippen LogP contribution in [0.2, 0.25) is 0 Å². The molecule has 25 heavy (non-hydrogen) atoms. The molecule has 0 amide bonds. The molecule has 0 spiro atoms. The molecule has 0 saturated carbocycles. The summed E-state index contributed by atoms with van der Waals surface area (Å²) in [4.78, 5) is 10.4. The maximum absolute atomic E-state index is 10.4. The number of carbonyl (C=O) groups is 1. The second-order valence-electron chi connectivity index (χ2n) is 7.38. The first-order valence-corrected chi connectivity index (χ1v) is 11.1. The summed E-state index contributed by atoms with van der Waals surface area (Å²) in [6, 6.07) is 8.91. The van der Waals surface area contributed by atoms with Crippen molar-refractivity contribution >= 4 is 28.6 Å². The zero-order valence-corrected chi connectivity index (χ0v) is 18.0. The summed E-state index contributed by atoms with van der Waals surface area (Å²) < 4.78 is 1.32. The number of carboxylic acids is 1. The van der Waals surface area contributed by atoms with Crippen molar-refractivity contribution in [2.45, 2.75) is 90.4 Å². The van der Waals surface area contributed by atoms with Gasteiger partial charge < -0.3 is 5.11 Å². The van der Waals surface area contributed by atoms with Gasteiger partial charge in [-0.3, -0.25) is 4.79 Å². The maximum atomic E-state index is 10.4. The van der Waals surface area contributed by atoms with E-state index in [0.717, 1.165) is 18.8 Å². The summed E-state index contributed by atoms with van der Waals surface area (Å²) in [6.45, 7) is 2.38. The van der Waals surface area contributed by atoms with E-state index in [-0.39, 0.29) is 0 Å². The standard InChI is InChI=1S/C22H35IO2/c1-19(11-7-3-2-4-10-14-22(24)25)12-8-5-6-9-13-20-15-17-21(23)18-16-20/h15-19H,2-14H2,1H3,(H,24,25)/i23-4. The first kappa shape index (κ1) is 22.5. The number of rotatable bonds is 15. The van der Waals surface area contributed by atoms with Crippen LogP contribution >= 0.6 is 22.6 Å². The van der Waals surface area contributed by atoms with Gasteiger partial charge in [-0.05, 0) is 65.5 Å². The molecule has 1 N–H and O–H groups in total. The number of aliphatic carboxylic acids is 1. The van der Waals surface area contributed by atoms with Crippen LogP contribution in [0.3, 0.4) is 0 Å². The molecule has 0 aromatic heterocycles. The molecule has 0 saturated heterocycles. The third-order valence-corrected chi connectivity index (χ3v) is 5.63. The van der Waals surface area contributed by atoms with Gasteiger partial charge in [0.05, 0.1) is 0 Å². The van der Waals surface area contributed by atoms with E-state index in [1.54, 1.807) is 0 Å². The van der Waals surface area contributed by atoms with Crippen molar-refractivity contribution < 1.29 is 9.90 Å². The van der Waals surface area contributed by atoms with E-state index in [1.165, 1.54) is 73.3 Å². The molecule has 1 rings (SSSR count). The van der Waals surface area contributed by atoms with Gasteiger partial charge in [0.25, 0.3) is 0 Å². The third kappa shape index (κ3) is 13.3. The molecule has 0 heterocycles. The molecule has 0 aliphatic carbocycles. The lowest BCUT2D eigenvalue weighted by molar-refractivity contribution is -0.137. The highest BCUT2D eigenvalue weighted by Crippen LogP contribution is 2.18. The second-order valence-corrected chi connectivity index (χ2v) is 8.63. The lowest BCUT2D eigenvalue weighted by Gasteiger charge is -2.11. The maximum Gasteiger partial charge on any atom is 0.303 e. The first-order valence-electron chi connectivity index (χ1n) is 10.0. The van der Waals surface area contributed by atoms with E-state index in [9.17, 15) is 4.79 Å². The molecule has 0 aliphatic heterocycles. The fourth-order valence-corrected chi connectivity index (χ4v) is 3.63. The van der Waals surface area contributed by atoms with Gasteiger partial charge in [0.2, 0.25) is 0 Å². The number of carboxylic acid groups (broad SMARTS) is 1. The Morgan fingerprint density at radius 2 is 1.40 bits per heavy atom. The summed E-state index contributed by atoms with van der Waals surface area (Å²) in [5.41, 5.74) is 1.47. The van der Waals surface area contributed by atoms with Crippen LogP contribution in [0.1, 0.15) is 89.5 Å². The van der Waals surface area contributed by atoms with Crippen molar-refractivity contribution in [3.63, 3.8) is 0 Å². The molecule has 3 heteroatoms. The van der Waals surface area contributed by atoms with Gasteiger partial charge in [0.1, 0.15) is 0 Å². The summed E-state index contributed by atoms with van der Waals surface area (Å²) in [6.07, 6.45) is 15.3. The summed E-state index contributed by atoms with van der Waals surface area (Å²) in [5.74, 6) is 0.183. The Morgan fingerprint density at radius 1 is 0.880 bits per heavy atom. The van der Waals surface area contributed by atoms with Crippen molar-refractivity contribution in [2.75, 3.05) is 0 Å². The Kier molecular flexibility index (Phi) is 13.1. The normalized spacial score (nSPS) is 12.2. The van der Waals surface area contributed by atoms with Crippen LogP contribution in [0.15, 0.2) is 24.3 Å². The van der Waals surface area contributed by atoms with Gasteiger partial charge in [-0.25, -0.2) is 0 Å². The fourth-order valence-electron chi connectivity index (χ4n) is 3.27. The summed E-state index contributed by atoms with van der Waals surface area (Å²) in [7, 11) is 0. The van der Waals surface area contributed by atoms with E-state index in [2.05, 4.69) is 53.8 Å². The lowest BCUT2D eigenvalue weighted by atomic mass is 9.95. The predicted molar refractivity (Wildman–Crippen MR) is 115 cm³/mol. The van der Waals surface area contributed by atoms with Crippen LogP contribution in [0, 0.1) is 9.49 Å². The van der Waals surface area contributed by atoms with E-state index < -0.39 is 5.97 Å². The van der Waals surface area contributed by atoms with Crippen molar-refractivity contribution in [1.82, 2.24) is 0 Å². The highest BCUT2D eigenvalue weighted by Gasteiger charge is 2.03. The zero-order valence-electron chi connectivity index (χ0n) is 15.8. The molecule has 2 nitrogen and oxygen atoms in total. The van der Waals surface area contributed by atoms with Crippen molar-refractivity contribution in [3.05, 3.63) is 33.4 Å². The van der Waals surface area contributed by atoms with E-state index in [1.807, 2.05) is 0 Å². The van der Waals surface area contributed by atoms with Crippen molar-refractivity contribution in [2.24, 2.45) is 5.92 Å². The average Bonchev–Trinajstić information content (AvgIpc) is 2.58. The Balaban J connectivity index is 1.87. The molecular formula is C22H35IO2. The number of hydrogen-bond acceptors (Lipinski definition) is 1. The largest absolute Gasteiger partial charge is 0.481 e. The number of halogens is 1. The van der Waals surface area contributed by atoms with Gasteiger partial charge in [-0.15, -0.1) is 0 Å². The molecule has 0 fully saturated rings. The Labute approximate surface area is 167 Å². The quantitative estimate of drug-likeness (QED) is 0.224. The third-order valence-electron chi connectivity index (χ3n) is 4.91. The molecule has 0 bridgehead atoms. The summed E-state index contributed by atoms with van der Waals surface area (Å²) >= 11 is 2.36. The molecule has 1 atom stereocenters. The molecule has 1 aromatic carbocycles.